The lowest BCUT2D eigenvalue weighted by Gasteiger charge is -2.37. The number of carbonyl (C=O) groups is 1. The van der Waals surface area contributed by atoms with E-state index in [-0.39, 0.29) is 6.54 Å². The number of benzene rings is 1. The molecule has 0 saturated carbocycles. The fourth-order valence-electron chi connectivity index (χ4n) is 3.43. The summed E-state index contributed by atoms with van der Waals surface area (Å²) in [5.41, 5.74) is 2.14. The molecule has 0 atom stereocenters. The van der Waals surface area contributed by atoms with E-state index in [4.69, 9.17) is 5.11 Å². The van der Waals surface area contributed by atoms with Crippen molar-refractivity contribution in [3.8, 4) is 0 Å². The van der Waals surface area contributed by atoms with Crippen molar-refractivity contribution in [3.05, 3.63) is 41.4 Å². The van der Waals surface area contributed by atoms with E-state index in [0.717, 1.165) is 55.5 Å². The smallest absolute Gasteiger partial charge is 0.317 e. The van der Waals surface area contributed by atoms with Gasteiger partial charge < -0.3 is 10.4 Å². The standard InChI is InChI=1S/C19H26N4O2S/c1-2-23(13-18(24)25)17-8-10-22(11-9-17)12-16-14-26-19(21-16)20-15-6-4-3-5-7-15/h3-7,14,17H,2,8-13H2,1H3,(H,20,21)(H,24,25). The monoisotopic (exact) mass is 374 g/mol. The summed E-state index contributed by atoms with van der Waals surface area (Å²) in [7, 11) is 0. The number of likely N-dealkylation sites (tertiary alicyclic amines) is 1. The minimum Gasteiger partial charge on any atom is -0.480 e. The van der Waals surface area contributed by atoms with Crippen molar-refractivity contribution in [1.29, 1.82) is 0 Å². The van der Waals surface area contributed by atoms with Gasteiger partial charge in [-0.05, 0) is 31.5 Å². The zero-order valence-electron chi connectivity index (χ0n) is 15.1. The van der Waals surface area contributed by atoms with Gasteiger partial charge in [0, 0.05) is 36.7 Å². The topological polar surface area (TPSA) is 68.7 Å². The molecule has 0 spiro atoms. The first-order valence-electron chi connectivity index (χ1n) is 9.08. The second-order valence-electron chi connectivity index (χ2n) is 6.60. The molecule has 3 rings (SSSR count). The van der Waals surface area contributed by atoms with Gasteiger partial charge in [0.1, 0.15) is 0 Å². The molecule has 7 heteroatoms. The summed E-state index contributed by atoms with van der Waals surface area (Å²) in [5, 5.41) is 15.4. The number of para-hydroxylation sites is 1. The molecule has 0 unspecified atom stereocenters. The lowest BCUT2D eigenvalue weighted by molar-refractivity contribution is -0.139. The van der Waals surface area contributed by atoms with E-state index >= 15 is 0 Å². The Hall–Kier alpha value is -1.96. The molecule has 0 amide bonds. The number of carboxylic acid groups (broad SMARTS) is 1. The fourth-order valence-corrected chi connectivity index (χ4v) is 4.15. The quantitative estimate of drug-likeness (QED) is 0.739. The Labute approximate surface area is 158 Å². The SMILES string of the molecule is CCN(CC(=O)O)C1CCN(Cc2csc(Nc3ccccc3)n2)CC1. The van der Waals surface area contributed by atoms with Crippen LogP contribution in [-0.2, 0) is 11.3 Å². The van der Waals surface area contributed by atoms with Gasteiger partial charge in [-0.25, -0.2) is 4.98 Å². The van der Waals surface area contributed by atoms with E-state index in [0.29, 0.717) is 6.04 Å². The van der Waals surface area contributed by atoms with Crippen LogP contribution in [0.25, 0.3) is 0 Å². The van der Waals surface area contributed by atoms with Crippen LogP contribution in [-0.4, -0.2) is 58.1 Å². The number of likely N-dealkylation sites (N-methyl/N-ethyl adjacent to an activating group) is 1. The van der Waals surface area contributed by atoms with Gasteiger partial charge in [-0.1, -0.05) is 25.1 Å². The number of aromatic nitrogens is 1. The van der Waals surface area contributed by atoms with Crippen LogP contribution >= 0.6 is 11.3 Å². The third-order valence-electron chi connectivity index (χ3n) is 4.78. The van der Waals surface area contributed by atoms with Crippen LogP contribution in [0.3, 0.4) is 0 Å². The molecule has 0 radical (unpaired) electrons. The number of anilines is 2. The Bertz CT molecular complexity index is 699. The number of hydrogen-bond donors (Lipinski definition) is 2. The van der Waals surface area contributed by atoms with Gasteiger partial charge in [0.05, 0.1) is 12.2 Å². The molecule has 0 bridgehead atoms. The number of piperidine rings is 1. The van der Waals surface area contributed by atoms with E-state index in [1.165, 1.54) is 0 Å². The maximum atomic E-state index is 11.0. The number of aliphatic carboxylic acids is 1. The molecule has 1 fully saturated rings. The minimum absolute atomic E-state index is 0.141. The largest absolute Gasteiger partial charge is 0.480 e. The van der Waals surface area contributed by atoms with Crippen LogP contribution < -0.4 is 5.32 Å². The Balaban J connectivity index is 1.48. The van der Waals surface area contributed by atoms with Gasteiger partial charge in [0.15, 0.2) is 5.13 Å². The number of thiazole rings is 1. The molecule has 2 heterocycles. The van der Waals surface area contributed by atoms with E-state index in [1.54, 1.807) is 11.3 Å². The summed E-state index contributed by atoms with van der Waals surface area (Å²) in [6, 6.07) is 10.4. The lowest BCUT2D eigenvalue weighted by Crippen LogP contribution is -2.46. The lowest BCUT2D eigenvalue weighted by atomic mass is 10.0. The average Bonchev–Trinajstić information content (AvgIpc) is 3.08. The molecular formula is C19H26N4O2S. The minimum atomic E-state index is -0.741. The summed E-state index contributed by atoms with van der Waals surface area (Å²) in [5.74, 6) is -0.741. The number of nitrogens with zero attached hydrogens (tertiary/aromatic N) is 3. The van der Waals surface area contributed by atoms with Crippen LogP contribution in [0.4, 0.5) is 10.8 Å². The highest BCUT2D eigenvalue weighted by atomic mass is 32.1. The van der Waals surface area contributed by atoms with Crippen molar-refractivity contribution in [2.45, 2.75) is 32.4 Å². The third-order valence-corrected chi connectivity index (χ3v) is 5.59. The highest BCUT2D eigenvalue weighted by molar-refractivity contribution is 7.13. The molecule has 1 saturated heterocycles. The first-order chi connectivity index (χ1) is 12.6. The highest BCUT2D eigenvalue weighted by Gasteiger charge is 2.25. The molecule has 0 aliphatic carbocycles. The van der Waals surface area contributed by atoms with Crippen molar-refractivity contribution in [3.63, 3.8) is 0 Å². The molecule has 6 nitrogen and oxygen atoms in total. The van der Waals surface area contributed by atoms with E-state index in [1.807, 2.05) is 37.3 Å². The normalized spacial score (nSPS) is 16.1. The van der Waals surface area contributed by atoms with Crippen LogP contribution in [0.5, 0.6) is 0 Å². The van der Waals surface area contributed by atoms with Crippen molar-refractivity contribution in [1.82, 2.24) is 14.8 Å². The summed E-state index contributed by atoms with van der Waals surface area (Å²) in [6.45, 7) is 5.79. The summed E-state index contributed by atoms with van der Waals surface area (Å²) < 4.78 is 0. The molecule has 1 aromatic heterocycles. The van der Waals surface area contributed by atoms with Gasteiger partial charge in [0.25, 0.3) is 0 Å². The van der Waals surface area contributed by atoms with Crippen molar-refractivity contribution < 1.29 is 9.90 Å². The summed E-state index contributed by atoms with van der Waals surface area (Å²) in [6.07, 6.45) is 2.03. The maximum Gasteiger partial charge on any atom is 0.317 e. The van der Waals surface area contributed by atoms with Crippen molar-refractivity contribution in [2.24, 2.45) is 0 Å². The van der Waals surface area contributed by atoms with Gasteiger partial charge in [-0.2, -0.15) is 0 Å². The Morgan fingerprint density at radius 2 is 2.08 bits per heavy atom. The van der Waals surface area contributed by atoms with Crippen LogP contribution in [0.2, 0.25) is 0 Å². The number of hydrogen-bond acceptors (Lipinski definition) is 6. The third kappa shape index (κ3) is 5.27. The van der Waals surface area contributed by atoms with Gasteiger partial charge in [-0.3, -0.25) is 14.6 Å². The molecule has 2 aromatic rings. The first kappa shape index (κ1) is 18.8. The van der Waals surface area contributed by atoms with Crippen molar-refractivity contribution in [2.75, 3.05) is 31.5 Å². The molecular weight excluding hydrogens is 348 g/mol. The fraction of sp³-hybridized carbons (Fsp3) is 0.474. The van der Waals surface area contributed by atoms with Gasteiger partial charge in [-0.15, -0.1) is 11.3 Å². The number of nitrogens with one attached hydrogen (secondary N) is 1. The summed E-state index contributed by atoms with van der Waals surface area (Å²) >= 11 is 1.63. The maximum absolute atomic E-state index is 11.0. The molecule has 1 aliphatic heterocycles. The number of rotatable bonds is 8. The average molecular weight is 375 g/mol. The Kier molecular flexibility index (Phi) is 6.60. The van der Waals surface area contributed by atoms with E-state index in [2.05, 4.69) is 25.5 Å². The Morgan fingerprint density at radius 1 is 1.35 bits per heavy atom. The second kappa shape index (κ2) is 9.12. The molecule has 2 N–H and O–H groups in total. The van der Waals surface area contributed by atoms with E-state index in [9.17, 15) is 4.79 Å². The molecule has 140 valence electrons. The van der Waals surface area contributed by atoms with E-state index < -0.39 is 5.97 Å². The molecule has 26 heavy (non-hydrogen) atoms. The van der Waals surface area contributed by atoms with Crippen LogP contribution in [0, 0.1) is 0 Å². The molecule has 1 aromatic carbocycles. The first-order valence-corrected chi connectivity index (χ1v) is 9.96. The zero-order valence-corrected chi connectivity index (χ0v) is 15.9. The van der Waals surface area contributed by atoms with Crippen LogP contribution in [0.15, 0.2) is 35.7 Å². The predicted octanol–water partition coefficient (Wildman–Crippen LogP) is 3.26. The highest BCUT2D eigenvalue weighted by Crippen LogP contribution is 2.23. The predicted molar refractivity (Wildman–Crippen MR) is 105 cm³/mol. The zero-order chi connectivity index (χ0) is 18.4. The number of carboxylic acids is 1. The summed E-state index contributed by atoms with van der Waals surface area (Å²) in [4.78, 5) is 20.2. The van der Waals surface area contributed by atoms with Crippen LogP contribution in [0.1, 0.15) is 25.5 Å². The second-order valence-corrected chi connectivity index (χ2v) is 7.46. The van der Waals surface area contributed by atoms with Crippen molar-refractivity contribution >= 4 is 28.1 Å². The van der Waals surface area contributed by atoms with Gasteiger partial charge >= 0.3 is 5.97 Å². The van der Waals surface area contributed by atoms with Gasteiger partial charge in [0.2, 0.25) is 0 Å². The Morgan fingerprint density at radius 3 is 2.73 bits per heavy atom. The molecule has 1 aliphatic rings.